The van der Waals surface area contributed by atoms with E-state index in [0.717, 1.165) is 19.4 Å². The molecule has 0 radical (unpaired) electrons. The summed E-state index contributed by atoms with van der Waals surface area (Å²) in [7, 11) is 4.19. The molecule has 0 atom stereocenters. The number of benzene rings is 1. The molecule has 0 bridgehead atoms. The Morgan fingerprint density at radius 3 is 2.25 bits per heavy atom. The minimum Gasteiger partial charge on any atom is -0.311 e. The van der Waals surface area contributed by atoms with Crippen molar-refractivity contribution >= 4 is 0 Å². The van der Waals surface area contributed by atoms with Gasteiger partial charge in [0.05, 0.1) is 0 Å². The van der Waals surface area contributed by atoms with Gasteiger partial charge in [-0.05, 0) is 39.1 Å². The molecule has 0 spiro atoms. The lowest BCUT2D eigenvalue weighted by molar-refractivity contribution is 0.0982. The number of rotatable bonds is 5. The van der Waals surface area contributed by atoms with E-state index in [4.69, 9.17) is 0 Å². The van der Waals surface area contributed by atoms with E-state index in [9.17, 15) is 8.78 Å². The van der Waals surface area contributed by atoms with Gasteiger partial charge in [-0.3, -0.25) is 0 Å². The van der Waals surface area contributed by atoms with Gasteiger partial charge in [-0.25, -0.2) is 8.78 Å². The van der Waals surface area contributed by atoms with Gasteiger partial charge in [0.2, 0.25) is 0 Å². The maximum atomic E-state index is 13.6. The van der Waals surface area contributed by atoms with Crippen LogP contribution in [0, 0.1) is 11.6 Å². The summed E-state index contributed by atoms with van der Waals surface area (Å²) in [5.41, 5.74) is 0.261. The van der Waals surface area contributed by atoms with Gasteiger partial charge >= 0.3 is 0 Å². The molecule has 1 aromatic rings. The van der Waals surface area contributed by atoms with Gasteiger partial charge in [0, 0.05) is 24.2 Å². The summed E-state index contributed by atoms with van der Waals surface area (Å²) in [4.78, 5) is 2.26. The van der Waals surface area contributed by atoms with Crippen molar-refractivity contribution in [2.45, 2.75) is 44.2 Å². The lowest BCUT2D eigenvalue weighted by atomic mass is 9.80. The van der Waals surface area contributed by atoms with Gasteiger partial charge in [-0.15, -0.1) is 0 Å². The summed E-state index contributed by atoms with van der Waals surface area (Å²) in [6, 6.07) is 4.02. The van der Waals surface area contributed by atoms with Crippen molar-refractivity contribution in [2.75, 3.05) is 20.6 Å². The Bertz CT molecular complexity index is 420. The van der Waals surface area contributed by atoms with Gasteiger partial charge < -0.3 is 10.2 Å². The predicted molar refractivity (Wildman–Crippen MR) is 77.6 cm³/mol. The Balaban J connectivity index is 1.97. The molecule has 1 saturated carbocycles. The number of nitrogens with one attached hydrogen (secondary N) is 1. The summed E-state index contributed by atoms with van der Waals surface area (Å²) in [5, 5.41) is 3.25. The summed E-state index contributed by atoms with van der Waals surface area (Å²) < 4.78 is 27.2. The molecule has 0 heterocycles. The maximum absolute atomic E-state index is 13.6. The molecule has 20 heavy (non-hydrogen) atoms. The standard InChI is InChI=1S/C16H24F2N2/c1-20(2)16(9-4-3-5-10-16)12-19-11-13-14(17)7-6-8-15(13)18/h6-8,19H,3-5,9-12H2,1-2H3. The zero-order valence-corrected chi connectivity index (χ0v) is 12.4. The molecule has 1 aliphatic carbocycles. The first-order valence-electron chi connectivity index (χ1n) is 7.36. The lowest BCUT2D eigenvalue weighted by Crippen LogP contribution is -2.52. The van der Waals surface area contributed by atoms with Crippen molar-refractivity contribution in [1.29, 1.82) is 0 Å². The smallest absolute Gasteiger partial charge is 0.130 e. The summed E-state index contributed by atoms with van der Waals surface area (Å²) in [5.74, 6) is -0.944. The van der Waals surface area contributed by atoms with Crippen molar-refractivity contribution in [3.63, 3.8) is 0 Å². The molecule has 1 fully saturated rings. The molecule has 1 aromatic carbocycles. The van der Waals surface area contributed by atoms with Gasteiger partial charge in [0.25, 0.3) is 0 Å². The average molecular weight is 282 g/mol. The highest BCUT2D eigenvalue weighted by Gasteiger charge is 2.33. The maximum Gasteiger partial charge on any atom is 0.130 e. The summed E-state index contributed by atoms with van der Waals surface area (Å²) >= 11 is 0. The Hall–Kier alpha value is -1.00. The van der Waals surface area contributed by atoms with Crippen molar-refractivity contribution in [2.24, 2.45) is 0 Å². The number of halogens is 2. The van der Waals surface area contributed by atoms with Gasteiger partial charge in [-0.2, -0.15) is 0 Å². The van der Waals surface area contributed by atoms with Crippen molar-refractivity contribution in [3.8, 4) is 0 Å². The van der Waals surface area contributed by atoms with E-state index in [0.29, 0.717) is 0 Å². The van der Waals surface area contributed by atoms with Gasteiger partial charge in [-0.1, -0.05) is 25.3 Å². The van der Waals surface area contributed by atoms with E-state index in [2.05, 4.69) is 24.3 Å². The van der Waals surface area contributed by atoms with Crippen LogP contribution in [0.2, 0.25) is 0 Å². The molecular weight excluding hydrogens is 258 g/mol. The molecule has 2 nitrogen and oxygen atoms in total. The highest BCUT2D eigenvalue weighted by molar-refractivity contribution is 5.19. The third kappa shape index (κ3) is 3.36. The Morgan fingerprint density at radius 2 is 1.70 bits per heavy atom. The third-order valence-corrected chi connectivity index (χ3v) is 4.55. The summed E-state index contributed by atoms with van der Waals surface area (Å²) in [6.07, 6.45) is 6.04. The third-order valence-electron chi connectivity index (χ3n) is 4.55. The number of hydrogen-bond donors (Lipinski definition) is 1. The van der Waals surface area contributed by atoms with Crippen LogP contribution in [-0.4, -0.2) is 31.1 Å². The lowest BCUT2D eigenvalue weighted by Gasteiger charge is -2.43. The van der Waals surface area contributed by atoms with Crippen LogP contribution >= 0.6 is 0 Å². The zero-order chi connectivity index (χ0) is 14.6. The molecule has 112 valence electrons. The number of nitrogens with zero attached hydrogens (tertiary/aromatic N) is 1. The number of likely N-dealkylation sites (N-methyl/N-ethyl adjacent to an activating group) is 1. The molecule has 0 saturated heterocycles. The molecule has 2 rings (SSSR count). The van der Waals surface area contributed by atoms with Crippen LogP contribution in [0.1, 0.15) is 37.7 Å². The van der Waals surface area contributed by atoms with E-state index in [-0.39, 0.29) is 17.6 Å². The molecule has 0 aliphatic heterocycles. The Morgan fingerprint density at radius 1 is 1.10 bits per heavy atom. The van der Waals surface area contributed by atoms with Crippen molar-refractivity contribution in [3.05, 3.63) is 35.4 Å². The molecule has 1 N–H and O–H groups in total. The monoisotopic (exact) mass is 282 g/mol. The summed E-state index contributed by atoms with van der Waals surface area (Å²) in [6.45, 7) is 1.02. The molecular formula is C16H24F2N2. The van der Waals surface area contributed by atoms with E-state index in [1.165, 1.54) is 37.5 Å². The van der Waals surface area contributed by atoms with Crippen LogP contribution in [0.4, 0.5) is 8.78 Å². The van der Waals surface area contributed by atoms with Crippen molar-refractivity contribution < 1.29 is 8.78 Å². The van der Waals surface area contributed by atoms with Crippen LogP contribution < -0.4 is 5.32 Å². The minimum absolute atomic E-state index is 0.125. The average Bonchev–Trinajstić information content (AvgIpc) is 2.43. The van der Waals surface area contributed by atoms with Crippen molar-refractivity contribution in [1.82, 2.24) is 10.2 Å². The fourth-order valence-electron chi connectivity index (χ4n) is 3.11. The van der Waals surface area contributed by atoms with E-state index in [1.807, 2.05) is 0 Å². The molecule has 1 aliphatic rings. The first kappa shape index (κ1) is 15.4. The second-order valence-electron chi connectivity index (χ2n) is 5.98. The first-order valence-corrected chi connectivity index (χ1v) is 7.36. The van der Waals surface area contributed by atoms with Gasteiger partial charge in [0.1, 0.15) is 11.6 Å². The first-order chi connectivity index (χ1) is 9.55. The van der Waals surface area contributed by atoms with Gasteiger partial charge in [0.15, 0.2) is 0 Å². The fourth-order valence-corrected chi connectivity index (χ4v) is 3.11. The second-order valence-corrected chi connectivity index (χ2v) is 5.98. The molecule has 0 amide bonds. The van der Waals surface area contributed by atoms with Crippen LogP contribution in [0.5, 0.6) is 0 Å². The topological polar surface area (TPSA) is 15.3 Å². The zero-order valence-electron chi connectivity index (χ0n) is 12.4. The Kier molecular flexibility index (Phi) is 5.11. The van der Waals surface area contributed by atoms with E-state index < -0.39 is 11.6 Å². The molecule has 4 heteroatoms. The molecule has 0 aromatic heterocycles. The van der Waals surface area contributed by atoms with Crippen LogP contribution in [-0.2, 0) is 6.54 Å². The normalized spacial score (nSPS) is 18.4. The van der Waals surface area contributed by atoms with Crippen LogP contribution in [0.25, 0.3) is 0 Å². The SMILES string of the molecule is CN(C)C1(CNCc2c(F)cccc2F)CCCCC1. The van der Waals surface area contributed by atoms with Crippen LogP contribution in [0.15, 0.2) is 18.2 Å². The van der Waals surface area contributed by atoms with Crippen LogP contribution in [0.3, 0.4) is 0 Å². The largest absolute Gasteiger partial charge is 0.311 e. The quantitative estimate of drug-likeness (QED) is 0.891. The van der Waals surface area contributed by atoms with E-state index in [1.54, 1.807) is 0 Å². The Labute approximate surface area is 120 Å². The molecule has 0 unspecified atom stereocenters. The highest BCUT2D eigenvalue weighted by Crippen LogP contribution is 2.31. The highest BCUT2D eigenvalue weighted by atomic mass is 19.1. The predicted octanol–water partition coefficient (Wildman–Crippen LogP) is 3.32. The minimum atomic E-state index is -0.472. The number of hydrogen-bond acceptors (Lipinski definition) is 2. The fraction of sp³-hybridized carbons (Fsp3) is 0.625. The van der Waals surface area contributed by atoms with E-state index >= 15 is 0 Å². The second kappa shape index (κ2) is 6.64.